The lowest BCUT2D eigenvalue weighted by Crippen LogP contribution is -2.57. The van der Waals surface area contributed by atoms with E-state index in [0.717, 1.165) is 5.56 Å². The first kappa shape index (κ1) is 24.8. The Morgan fingerprint density at radius 1 is 1.27 bits per heavy atom. The molecule has 11 heteroatoms. The van der Waals surface area contributed by atoms with Crippen molar-refractivity contribution in [2.75, 3.05) is 26.0 Å². The molecule has 9 nitrogen and oxygen atoms in total. The molecule has 6 N–H and O–H groups in total. The number of nitrogens with one attached hydrogen (secondary N) is 1. The van der Waals surface area contributed by atoms with Gasteiger partial charge in [0.15, 0.2) is 5.11 Å². The van der Waals surface area contributed by atoms with Gasteiger partial charge in [-0.1, -0.05) is 30.3 Å². The first-order valence-corrected chi connectivity index (χ1v) is 10.9. The minimum Gasteiger partial charge on any atom is -0.467 e. The fourth-order valence-corrected chi connectivity index (χ4v) is 4.98. The summed E-state index contributed by atoms with van der Waals surface area (Å²) < 4.78 is 4.83. The number of thiocarbonyl (C=S) groups is 1. The largest absolute Gasteiger partial charge is 0.467 e. The number of aliphatic hydroxyl groups excluding tert-OH is 5. The molecule has 6 atom stereocenters. The normalized spacial score (nSPS) is 22.8. The molecule has 1 saturated heterocycles. The summed E-state index contributed by atoms with van der Waals surface area (Å²) in [5.74, 6) is -0.296. The Hall–Kier alpha value is -1.47. The van der Waals surface area contributed by atoms with Gasteiger partial charge in [-0.15, -0.1) is 11.8 Å². The second-order valence-electron chi connectivity index (χ2n) is 6.86. The number of carbonyl (C=O) groups excluding carboxylic acids is 1. The van der Waals surface area contributed by atoms with Crippen LogP contribution in [-0.2, 0) is 16.0 Å². The van der Waals surface area contributed by atoms with Crippen molar-refractivity contribution < 1.29 is 35.1 Å². The second-order valence-corrected chi connectivity index (χ2v) is 8.40. The maximum Gasteiger partial charge on any atom is 0.329 e. The monoisotopic (exact) mass is 460 g/mol. The van der Waals surface area contributed by atoms with Gasteiger partial charge in [0.1, 0.15) is 35.8 Å². The van der Waals surface area contributed by atoms with E-state index in [9.17, 15) is 25.2 Å². The van der Waals surface area contributed by atoms with Crippen molar-refractivity contribution in [2.45, 2.75) is 42.3 Å². The van der Waals surface area contributed by atoms with E-state index in [1.54, 1.807) is 0 Å². The molecule has 1 aromatic rings. The molecule has 0 aromatic heterocycles. The van der Waals surface area contributed by atoms with Gasteiger partial charge in [-0.2, -0.15) is 0 Å². The van der Waals surface area contributed by atoms with Crippen molar-refractivity contribution in [2.24, 2.45) is 0 Å². The van der Waals surface area contributed by atoms with Crippen LogP contribution < -0.4 is 5.32 Å². The van der Waals surface area contributed by atoms with Crippen molar-refractivity contribution in [3.05, 3.63) is 35.9 Å². The van der Waals surface area contributed by atoms with Crippen LogP contribution in [0.15, 0.2) is 30.3 Å². The molecule has 1 aliphatic heterocycles. The molecule has 0 radical (unpaired) electrons. The van der Waals surface area contributed by atoms with Crippen LogP contribution in [0.5, 0.6) is 0 Å². The summed E-state index contributed by atoms with van der Waals surface area (Å²) in [7, 11) is 1.25. The number of benzene rings is 1. The number of hydrogen-bond acceptors (Lipinski definition) is 9. The molecule has 1 aliphatic rings. The fraction of sp³-hybridized carbons (Fsp3) is 0.579. The van der Waals surface area contributed by atoms with Gasteiger partial charge < -0.3 is 40.5 Å². The van der Waals surface area contributed by atoms with Crippen LogP contribution >= 0.6 is 24.0 Å². The van der Waals surface area contributed by atoms with Gasteiger partial charge in [-0.25, -0.2) is 4.79 Å². The molecular weight excluding hydrogens is 432 g/mol. The van der Waals surface area contributed by atoms with E-state index >= 15 is 0 Å². The Morgan fingerprint density at radius 3 is 2.53 bits per heavy atom. The van der Waals surface area contributed by atoms with Gasteiger partial charge in [0, 0.05) is 12.3 Å². The third-order valence-corrected chi connectivity index (χ3v) is 6.56. The first-order chi connectivity index (χ1) is 14.3. The van der Waals surface area contributed by atoms with E-state index in [0.29, 0.717) is 13.0 Å². The number of nitrogens with zero attached hydrogens (tertiary/aromatic N) is 1. The molecule has 0 spiro atoms. The highest BCUT2D eigenvalue weighted by atomic mass is 32.2. The van der Waals surface area contributed by atoms with E-state index in [-0.39, 0.29) is 10.9 Å². The molecule has 1 aromatic carbocycles. The smallest absolute Gasteiger partial charge is 0.329 e. The average molecular weight is 461 g/mol. The van der Waals surface area contributed by atoms with E-state index in [1.165, 1.54) is 23.8 Å². The van der Waals surface area contributed by atoms with Gasteiger partial charge in [-0.3, -0.25) is 0 Å². The van der Waals surface area contributed by atoms with Crippen LogP contribution in [0.1, 0.15) is 5.56 Å². The van der Waals surface area contributed by atoms with Crippen molar-refractivity contribution in [1.29, 1.82) is 0 Å². The van der Waals surface area contributed by atoms with Gasteiger partial charge in [0.05, 0.1) is 13.7 Å². The Balaban J connectivity index is 2.10. The van der Waals surface area contributed by atoms with Crippen molar-refractivity contribution >= 4 is 35.1 Å². The second kappa shape index (κ2) is 11.8. The van der Waals surface area contributed by atoms with Crippen LogP contribution in [0, 0.1) is 0 Å². The molecule has 30 heavy (non-hydrogen) atoms. The molecule has 1 unspecified atom stereocenters. The van der Waals surface area contributed by atoms with Crippen LogP contribution in [-0.4, -0.2) is 103 Å². The molecule has 0 saturated carbocycles. The maximum atomic E-state index is 12.2. The van der Waals surface area contributed by atoms with Crippen molar-refractivity contribution in [3.63, 3.8) is 0 Å². The van der Waals surface area contributed by atoms with Crippen LogP contribution in [0.4, 0.5) is 0 Å². The SMILES string of the molecule is COC(=O)[C@@H]1CSC([C@@H](O)[C@H](O)[C@@H](O)[C@@H](O)CO)N1C(=S)NCCc1ccccc1. The van der Waals surface area contributed by atoms with Crippen molar-refractivity contribution in [3.8, 4) is 0 Å². The zero-order chi connectivity index (χ0) is 22.3. The average Bonchev–Trinajstić information content (AvgIpc) is 3.22. The lowest BCUT2D eigenvalue weighted by Gasteiger charge is -2.36. The van der Waals surface area contributed by atoms with Gasteiger partial charge in [0.2, 0.25) is 0 Å². The zero-order valence-electron chi connectivity index (χ0n) is 16.5. The number of thioether (sulfide) groups is 1. The number of methoxy groups -OCH3 is 1. The number of carbonyl (C=O) groups is 1. The van der Waals surface area contributed by atoms with E-state index < -0.39 is 48.4 Å². The van der Waals surface area contributed by atoms with E-state index in [2.05, 4.69) is 5.32 Å². The summed E-state index contributed by atoms with van der Waals surface area (Å²) in [5.41, 5.74) is 1.10. The summed E-state index contributed by atoms with van der Waals surface area (Å²) in [6, 6.07) is 8.94. The molecule has 1 fully saturated rings. The van der Waals surface area contributed by atoms with E-state index in [1.807, 2.05) is 30.3 Å². The summed E-state index contributed by atoms with van der Waals surface area (Å²) in [6.07, 6.45) is -6.04. The first-order valence-electron chi connectivity index (χ1n) is 9.44. The Morgan fingerprint density at radius 2 is 1.93 bits per heavy atom. The summed E-state index contributed by atoms with van der Waals surface area (Å²) in [6.45, 7) is -0.300. The zero-order valence-corrected chi connectivity index (χ0v) is 18.1. The quantitative estimate of drug-likeness (QED) is 0.188. The number of ether oxygens (including phenoxy) is 1. The molecule has 0 amide bonds. The minimum atomic E-state index is -1.77. The van der Waals surface area contributed by atoms with Crippen LogP contribution in [0.2, 0.25) is 0 Å². The lowest BCUT2D eigenvalue weighted by atomic mass is 10.0. The molecule has 168 valence electrons. The highest BCUT2D eigenvalue weighted by Crippen LogP contribution is 2.34. The topological polar surface area (TPSA) is 143 Å². The fourth-order valence-electron chi connectivity index (χ4n) is 3.12. The molecule has 1 heterocycles. The molecule has 0 aliphatic carbocycles. The minimum absolute atomic E-state index is 0.194. The number of rotatable bonds is 9. The number of hydrogen-bond donors (Lipinski definition) is 6. The predicted octanol–water partition coefficient (Wildman–Crippen LogP) is -1.54. The maximum absolute atomic E-state index is 12.2. The summed E-state index contributed by atoms with van der Waals surface area (Å²) in [5, 5.41) is 51.7. The number of aliphatic hydroxyl groups is 5. The van der Waals surface area contributed by atoms with Crippen LogP contribution in [0.25, 0.3) is 0 Å². The Labute approximate surface area is 184 Å². The van der Waals surface area contributed by atoms with Gasteiger partial charge in [0.25, 0.3) is 0 Å². The molecular formula is C19H28N2O7S2. The Bertz CT molecular complexity index is 697. The van der Waals surface area contributed by atoms with Gasteiger partial charge >= 0.3 is 5.97 Å². The summed E-state index contributed by atoms with van der Waals surface area (Å²) >= 11 is 6.61. The third kappa shape index (κ3) is 6.03. The van der Waals surface area contributed by atoms with E-state index in [4.69, 9.17) is 22.1 Å². The standard InChI is InChI=1S/C19H28N2O7S2/c1-28-18(27)12-10-30-17(16(26)15(25)14(24)13(23)9-22)21(12)19(29)20-8-7-11-5-3-2-4-6-11/h2-6,12-17,22-26H,7-10H2,1H3,(H,20,29)/t12-,13-,14-,15+,16-,17?/m0/s1. The van der Waals surface area contributed by atoms with Crippen LogP contribution in [0.3, 0.4) is 0 Å². The molecule has 2 rings (SSSR count). The lowest BCUT2D eigenvalue weighted by molar-refractivity contribution is -0.146. The molecule has 0 bridgehead atoms. The predicted molar refractivity (Wildman–Crippen MR) is 116 cm³/mol. The highest BCUT2D eigenvalue weighted by Gasteiger charge is 2.47. The van der Waals surface area contributed by atoms with Gasteiger partial charge in [-0.05, 0) is 24.2 Å². The third-order valence-electron chi connectivity index (χ3n) is 4.85. The van der Waals surface area contributed by atoms with Crippen molar-refractivity contribution in [1.82, 2.24) is 10.2 Å². The summed E-state index contributed by atoms with van der Waals surface area (Å²) in [4.78, 5) is 13.7. The number of esters is 1. The highest BCUT2D eigenvalue weighted by molar-refractivity contribution is 8.00. The Kier molecular flexibility index (Phi) is 9.75.